The third-order valence-electron chi connectivity index (χ3n) is 10.7. The number of carbonyl (C=O) groups excluding carboxylic acids is 2. The van der Waals surface area contributed by atoms with Crippen LogP contribution in [0.1, 0.15) is 158 Å². The van der Waals surface area contributed by atoms with Gasteiger partial charge >= 0.3 is 0 Å². The van der Waals surface area contributed by atoms with Crippen molar-refractivity contribution in [3.8, 4) is 0 Å². The molecule has 1 aliphatic carbocycles. The summed E-state index contributed by atoms with van der Waals surface area (Å²) in [6, 6.07) is 8.20. The Balaban J connectivity index is 1.26. The van der Waals surface area contributed by atoms with Crippen LogP contribution in [-0.2, 0) is 9.59 Å². The van der Waals surface area contributed by atoms with Crippen LogP contribution in [0, 0.1) is 11.8 Å². The van der Waals surface area contributed by atoms with Gasteiger partial charge in [-0.25, -0.2) is 0 Å². The first-order chi connectivity index (χ1) is 23.6. The number of nitrogens with one attached hydrogen (secondary N) is 1. The monoisotopic (exact) mass is 688 g/mol. The van der Waals surface area contributed by atoms with Crippen LogP contribution in [0.3, 0.4) is 0 Å². The van der Waals surface area contributed by atoms with E-state index in [0.29, 0.717) is 5.92 Å². The van der Waals surface area contributed by atoms with E-state index in [1.54, 1.807) is 22.7 Å². The predicted molar refractivity (Wildman–Crippen MR) is 205 cm³/mol. The average molecular weight is 689 g/mol. The lowest BCUT2D eigenvalue weighted by Crippen LogP contribution is -2.32. The molecule has 1 saturated heterocycles. The Hall–Kier alpha value is -2.44. The molecule has 5 rings (SSSR count). The smallest absolute Gasteiger partial charge is 0.260 e. The summed E-state index contributed by atoms with van der Waals surface area (Å²) in [4.78, 5) is 31.8. The predicted octanol–water partition coefficient (Wildman–Crippen LogP) is 12.2. The molecular formula is C42H60N2O2S2. The number of unbranched alkanes of at least 4 members (excludes halogenated alkanes) is 16. The number of hydrogen-bond donors (Lipinski definition) is 1. The minimum Gasteiger partial charge on any atom is -0.329 e. The van der Waals surface area contributed by atoms with Gasteiger partial charge in [0, 0.05) is 39.2 Å². The Labute approximate surface area is 299 Å². The van der Waals surface area contributed by atoms with Crippen LogP contribution in [-0.4, -0.2) is 23.3 Å². The quantitative estimate of drug-likeness (QED) is 0.112. The molecule has 6 heteroatoms. The van der Waals surface area contributed by atoms with Crippen LogP contribution in [0.25, 0.3) is 5.57 Å². The molecule has 1 fully saturated rings. The zero-order valence-electron chi connectivity index (χ0n) is 29.8. The number of hydrogen-bond acceptors (Lipinski definition) is 4. The number of carbonyl (C=O) groups is 2. The third-order valence-corrected chi connectivity index (χ3v) is 12.5. The maximum Gasteiger partial charge on any atom is 0.260 e. The third kappa shape index (κ3) is 9.84. The number of thiophene rings is 2. The summed E-state index contributed by atoms with van der Waals surface area (Å²) >= 11 is 3.28. The fraction of sp³-hybridized carbons (Fsp3) is 0.619. The van der Waals surface area contributed by atoms with Crippen LogP contribution >= 0.6 is 22.7 Å². The van der Waals surface area contributed by atoms with Crippen molar-refractivity contribution >= 4 is 40.1 Å². The number of amides is 2. The number of fused-ring (bicyclic) bond motifs is 2. The lowest BCUT2D eigenvalue weighted by molar-refractivity contribution is -0.123. The molecule has 1 N–H and O–H groups in total. The molecule has 0 aromatic carbocycles. The summed E-state index contributed by atoms with van der Waals surface area (Å²) in [5.74, 6) is 0.414. The molecule has 262 valence electrons. The number of allylic oxidation sites excluding steroid dienone is 2. The van der Waals surface area contributed by atoms with E-state index in [1.807, 2.05) is 12.1 Å². The highest BCUT2D eigenvalue weighted by Gasteiger charge is 2.45. The van der Waals surface area contributed by atoms with Gasteiger partial charge in [0.2, 0.25) is 5.91 Å². The van der Waals surface area contributed by atoms with Gasteiger partial charge in [-0.15, -0.1) is 22.7 Å². The van der Waals surface area contributed by atoms with Gasteiger partial charge in [-0.1, -0.05) is 142 Å². The average Bonchev–Trinajstić information content (AvgIpc) is 3.90. The summed E-state index contributed by atoms with van der Waals surface area (Å²) < 4.78 is 0. The highest BCUT2D eigenvalue weighted by atomic mass is 32.1. The summed E-state index contributed by atoms with van der Waals surface area (Å²) in [5, 5.41) is 7.29. The van der Waals surface area contributed by atoms with E-state index in [9.17, 15) is 9.59 Å². The van der Waals surface area contributed by atoms with Crippen LogP contribution in [0.15, 0.2) is 64.1 Å². The Morgan fingerprint density at radius 3 is 1.83 bits per heavy atom. The summed E-state index contributed by atoms with van der Waals surface area (Å²) in [7, 11) is 0. The first-order valence-electron chi connectivity index (χ1n) is 19.5. The van der Waals surface area contributed by atoms with E-state index >= 15 is 0 Å². The minimum atomic E-state index is -0.229. The first kappa shape index (κ1) is 36.8. The Morgan fingerprint density at radius 1 is 0.729 bits per heavy atom. The molecule has 0 bridgehead atoms. The second kappa shape index (κ2) is 19.7. The highest BCUT2D eigenvalue weighted by Crippen LogP contribution is 2.48. The van der Waals surface area contributed by atoms with Gasteiger partial charge in [0.25, 0.3) is 5.91 Å². The second-order valence-electron chi connectivity index (χ2n) is 14.4. The highest BCUT2D eigenvalue weighted by molar-refractivity contribution is 7.11. The maximum atomic E-state index is 14.4. The molecule has 3 unspecified atom stereocenters. The standard InChI is InChI=1S/C42H60N2O2S2/c1-3-5-7-9-11-13-14-16-18-20-24-32(23-19-17-15-12-10-8-6-4-2)31-44-36-30-33-35(43-41(45)39(33)37-25-21-27-47-37)29-34(36)40(42(44)46)38-26-22-28-48-38/h21-22,25-30,32-33,39H,3-20,23-24,31H2,1-2H3,(H,43,45). The van der Waals surface area contributed by atoms with Crippen molar-refractivity contribution in [3.05, 3.63) is 73.9 Å². The normalized spacial score (nSPS) is 19.4. The second-order valence-corrected chi connectivity index (χ2v) is 16.4. The van der Waals surface area contributed by atoms with Crippen LogP contribution < -0.4 is 5.32 Å². The largest absolute Gasteiger partial charge is 0.329 e. The zero-order chi connectivity index (χ0) is 33.6. The van der Waals surface area contributed by atoms with Crippen LogP contribution in [0.2, 0.25) is 0 Å². The van der Waals surface area contributed by atoms with E-state index in [4.69, 9.17) is 0 Å². The van der Waals surface area contributed by atoms with Gasteiger partial charge in [-0.05, 0) is 53.8 Å². The van der Waals surface area contributed by atoms with E-state index in [-0.39, 0.29) is 23.7 Å². The van der Waals surface area contributed by atoms with Crippen molar-refractivity contribution in [1.29, 1.82) is 0 Å². The molecule has 4 nitrogen and oxygen atoms in total. The number of rotatable bonds is 24. The topological polar surface area (TPSA) is 49.4 Å². The summed E-state index contributed by atoms with van der Waals surface area (Å²) in [6.45, 7) is 5.35. The SMILES string of the molecule is CCCCCCCCCCCCC(CCCCCCCCCC)CN1C(=O)C(c2cccs2)=C2C=C3NC(=O)C(c4cccs4)C3C=C21. The molecule has 3 aliphatic rings. The lowest BCUT2D eigenvalue weighted by Gasteiger charge is -2.29. The van der Waals surface area contributed by atoms with Crippen molar-refractivity contribution in [1.82, 2.24) is 10.2 Å². The van der Waals surface area contributed by atoms with E-state index < -0.39 is 0 Å². The number of nitrogens with zero attached hydrogens (tertiary/aromatic N) is 1. The summed E-state index contributed by atoms with van der Waals surface area (Å²) in [5.41, 5.74) is 3.76. The zero-order valence-corrected chi connectivity index (χ0v) is 31.4. The van der Waals surface area contributed by atoms with Gasteiger partial charge in [-0.2, -0.15) is 0 Å². The maximum absolute atomic E-state index is 14.4. The molecule has 2 aromatic heterocycles. The first-order valence-corrected chi connectivity index (χ1v) is 21.3. The molecule has 2 aliphatic heterocycles. The Kier molecular flexibility index (Phi) is 15.1. The Morgan fingerprint density at radius 2 is 1.29 bits per heavy atom. The molecular weight excluding hydrogens is 629 g/mol. The van der Waals surface area contributed by atoms with Crippen molar-refractivity contribution in [2.24, 2.45) is 11.8 Å². The molecule has 4 heterocycles. The van der Waals surface area contributed by atoms with Gasteiger partial charge < -0.3 is 10.2 Å². The van der Waals surface area contributed by atoms with Crippen LogP contribution in [0.5, 0.6) is 0 Å². The molecule has 2 amide bonds. The van der Waals surface area contributed by atoms with Crippen molar-refractivity contribution in [3.63, 3.8) is 0 Å². The van der Waals surface area contributed by atoms with E-state index in [2.05, 4.69) is 59.1 Å². The van der Waals surface area contributed by atoms with Gasteiger partial charge in [0.05, 0.1) is 11.5 Å². The fourth-order valence-electron chi connectivity index (χ4n) is 7.94. The molecule has 0 radical (unpaired) electrons. The van der Waals surface area contributed by atoms with Crippen molar-refractivity contribution < 1.29 is 9.59 Å². The molecule has 0 spiro atoms. The van der Waals surface area contributed by atoms with Gasteiger partial charge in [0.1, 0.15) is 0 Å². The van der Waals surface area contributed by atoms with Crippen molar-refractivity contribution in [2.75, 3.05) is 6.54 Å². The minimum absolute atomic E-state index is 0.0546. The molecule has 48 heavy (non-hydrogen) atoms. The van der Waals surface area contributed by atoms with Crippen LogP contribution in [0.4, 0.5) is 0 Å². The molecule has 2 aromatic rings. The van der Waals surface area contributed by atoms with Crippen molar-refractivity contribution in [2.45, 2.75) is 148 Å². The summed E-state index contributed by atoms with van der Waals surface area (Å²) in [6.07, 6.45) is 30.9. The van der Waals surface area contributed by atoms with E-state index in [0.717, 1.165) is 38.8 Å². The lowest BCUT2D eigenvalue weighted by atomic mass is 9.85. The van der Waals surface area contributed by atoms with E-state index in [1.165, 1.54) is 128 Å². The Bertz CT molecular complexity index is 1370. The molecule has 3 atom stereocenters. The molecule has 0 saturated carbocycles. The van der Waals surface area contributed by atoms with Gasteiger partial charge in [0.15, 0.2) is 0 Å². The van der Waals surface area contributed by atoms with Gasteiger partial charge in [-0.3, -0.25) is 9.59 Å². The fourth-order valence-corrected chi connectivity index (χ4v) is 9.58.